The third-order valence-corrected chi connectivity index (χ3v) is 3.21. The van der Waals surface area contributed by atoms with Crippen molar-refractivity contribution in [3.05, 3.63) is 40.9 Å². The Kier molecular flexibility index (Phi) is 4.22. The van der Waals surface area contributed by atoms with Crippen LogP contribution in [0.1, 0.15) is 18.4 Å². The molecule has 0 aliphatic carbocycles. The fourth-order valence-corrected chi connectivity index (χ4v) is 2.14. The maximum atomic E-state index is 11.8. The molecule has 1 aromatic carbocycles. The number of carbonyl (C=O) groups is 2. The molecule has 1 aromatic rings. The Morgan fingerprint density at radius 1 is 1.37 bits per heavy atom. The van der Waals surface area contributed by atoms with E-state index < -0.39 is 5.97 Å². The van der Waals surface area contributed by atoms with Crippen LogP contribution in [-0.4, -0.2) is 30.4 Å². The summed E-state index contributed by atoms with van der Waals surface area (Å²) in [5.74, 6) is -0.463. The quantitative estimate of drug-likeness (QED) is 0.631. The highest BCUT2D eigenvalue weighted by atomic mass is 35.5. The highest BCUT2D eigenvalue weighted by Crippen LogP contribution is 2.26. The van der Waals surface area contributed by atoms with Crippen LogP contribution < -0.4 is 0 Å². The minimum Gasteiger partial charge on any atom is -0.466 e. The van der Waals surface area contributed by atoms with Crippen molar-refractivity contribution in [1.29, 1.82) is 0 Å². The molecule has 5 heteroatoms. The lowest BCUT2D eigenvalue weighted by Crippen LogP contribution is -2.23. The number of carbonyl (C=O) groups excluding carboxylic acids is 2. The molecule has 1 amide bonds. The Morgan fingerprint density at radius 3 is 2.58 bits per heavy atom. The maximum absolute atomic E-state index is 11.8. The molecule has 0 bridgehead atoms. The van der Waals surface area contributed by atoms with E-state index in [9.17, 15) is 9.59 Å². The van der Waals surface area contributed by atoms with Gasteiger partial charge in [-0.15, -0.1) is 0 Å². The zero-order valence-electron chi connectivity index (χ0n) is 10.6. The zero-order chi connectivity index (χ0) is 13.8. The van der Waals surface area contributed by atoms with E-state index in [1.165, 1.54) is 13.2 Å². The summed E-state index contributed by atoms with van der Waals surface area (Å²) < 4.78 is 4.64. The second-order valence-electron chi connectivity index (χ2n) is 4.21. The van der Waals surface area contributed by atoms with Gasteiger partial charge < -0.3 is 9.64 Å². The average Bonchev–Trinajstić information content (AvgIpc) is 2.83. The molecule has 100 valence electrons. The minimum atomic E-state index is -0.482. The number of esters is 1. The lowest BCUT2D eigenvalue weighted by atomic mass is 10.1. The fourth-order valence-electron chi connectivity index (χ4n) is 2.01. The van der Waals surface area contributed by atoms with E-state index in [2.05, 4.69) is 4.74 Å². The molecule has 1 aliphatic heterocycles. The summed E-state index contributed by atoms with van der Waals surface area (Å²) in [5.41, 5.74) is 1.33. The number of hydrogen-bond donors (Lipinski definition) is 0. The SMILES string of the molecule is COC(=O)/C=C(/c1ccc(Cl)cc1)N1CCCC1=O. The number of likely N-dealkylation sites (tertiary alicyclic amines) is 1. The summed E-state index contributed by atoms with van der Waals surface area (Å²) >= 11 is 5.85. The van der Waals surface area contributed by atoms with E-state index in [-0.39, 0.29) is 5.91 Å². The number of ether oxygens (including phenoxy) is 1. The summed E-state index contributed by atoms with van der Waals surface area (Å²) in [4.78, 5) is 24.9. The second-order valence-corrected chi connectivity index (χ2v) is 4.64. The van der Waals surface area contributed by atoms with Gasteiger partial charge in [0.25, 0.3) is 0 Å². The van der Waals surface area contributed by atoms with Crippen molar-refractivity contribution in [3.8, 4) is 0 Å². The number of nitrogens with zero attached hydrogens (tertiary/aromatic N) is 1. The number of benzene rings is 1. The molecule has 1 aliphatic rings. The molecule has 19 heavy (non-hydrogen) atoms. The van der Waals surface area contributed by atoms with Crippen LogP contribution in [0.5, 0.6) is 0 Å². The number of hydrogen-bond acceptors (Lipinski definition) is 3. The fraction of sp³-hybridized carbons (Fsp3) is 0.286. The van der Waals surface area contributed by atoms with E-state index in [4.69, 9.17) is 11.6 Å². The molecule has 0 N–H and O–H groups in total. The van der Waals surface area contributed by atoms with Crippen molar-refractivity contribution in [1.82, 2.24) is 4.90 Å². The van der Waals surface area contributed by atoms with E-state index in [0.717, 1.165) is 12.0 Å². The first-order valence-corrected chi connectivity index (χ1v) is 6.35. The first-order chi connectivity index (χ1) is 9.11. The molecule has 2 rings (SSSR count). The topological polar surface area (TPSA) is 46.6 Å². The number of amides is 1. The molecule has 0 saturated carbocycles. The Bertz CT molecular complexity index is 522. The van der Waals surface area contributed by atoms with Crippen LogP contribution >= 0.6 is 11.6 Å². The molecule has 1 saturated heterocycles. The predicted octanol–water partition coefficient (Wildman–Crippen LogP) is 2.48. The Labute approximate surface area is 116 Å². The van der Waals surface area contributed by atoms with Gasteiger partial charge in [0.05, 0.1) is 12.8 Å². The van der Waals surface area contributed by atoms with E-state index in [0.29, 0.717) is 23.7 Å². The van der Waals surface area contributed by atoms with E-state index >= 15 is 0 Å². The monoisotopic (exact) mass is 279 g/mol. The van der Waals surface area contributed by atoms with Crippen LogP contribution in [0.15, 0.2) is 30.3 Å². The van der Waals surface area contributed by atoms with Gasteiger partial charge in [-0.1, -0.05) is 23.7 Å². The number of methoxy groups -OCH3 is 1. The molecule has 0 aromatic heterocycles. The van der Waals surface area contributed by atoms with Crippen LogP contribution in [0.2, 0.25) is 5.02 Å². The summed E-state index contributed by atoms with van der Waals surface area (Å²) in [6.07, 6.45) is 2.64. The normalized spacial score (nSPS) is 15.8. The molecule has 0 unspecified atom stereocenters. The Balaban J connectivity index is 2.39. The Hall–Kier alpha value is -1.81. The van der Waals surface area contributed by atoms with Gasteiger partial charge in [0, 0.05) is 24.1 Å². The largest absolute Gasteiger partial charge is 0.466 e. The Morgan fingerprint density at radius 2 is 2.05 bits per heavy atom. The van der Waals surface area contributed by atoms with Gasteiger partial charge in [-0.3, -0.25) is 4.79 Å². The molecular formula is C14H14ClNO3. The van der Waals surface area contributed by atoms with Crippen molar-refractivity contribution in [3.63, 3.8) is 0 Å². The average molecular weight is 280 g/mol. The van der Waals surface area contributed by atoms with Gasteiger partial charge in [0.15, 0.2) is 0 Å². The maximum Gasteiger partial charge on any atom is 0.332 e. The van der Waals surface area contributed by atoms with Crippen LogP contribution in [0.4, 0.5) is 0 Å². The zero-order valence-corrected chi connectivity index (χ0v) is 11.3. The van der Waals surface area contributed by atoms with E-state index in [1.807, 2.05) is 0 Å². The highest BCUT2D eigenvalue weighted by molar-refractivity contribution is 6.30. The summed E-state index contributed by atoms with van der Waals surface area (Å²) in [7, 11) is 1.31. The van der Waals surface area contributed by atoms with Crippen LogP contribution in [0, 0.1) is 0 Å². The molecule has 1 heterocycles. The molecule has 0 radical (unpaired) electrons. The van der Waals surface area contributed by atoms with Crippen molar-refractivity contribution in [2.45, 2.75) is 12.8 Å². The van der Waals surface area contributed by atoms with E-state index in [1.54, 1.807) is 29.2 Å². The van der Waals surface area contributed by atoms with Gasteiger partial charge >= 0.3 is 5.97 Å². The van der Waals surface area contributed by atoms with Crippen molar-refractivity contribution in [2.24, 2.45) is 0 Å². The van der Waals surface area contributed by atoms with Crippen LogP contribution in [-0.2, 0) is 14.3 Å². The van der Waals surface area contributed by atoms with Crippen LogP contribution in [0.25, 0.3) is 5.70 Å². The van der Waals surface area contributed by atoms with Gasteiger partial charge in [0.2, 0.25) is 5.91 Å². The summed E-state index contributed by atoms with van der Waals surface area (Å²) in [6, 6.07) is 7.01. The molecule has 0 spiro atoms. The van der Waals surface area contributed by atoms with Gasteiger partial charge in [-0.2, -0.15) is 0 Å². The first-order valence-electron chi connectivity index (χ1n) is 5.98. The molecule has 1 fully saturated rings. The highest BCUT2D eigenvalue weighted by Gasteiger charge is 2.25. The summed E-state index contributed by atoms with van der Waals surface area (Å²) in [5, 5.41) is 0.605. The number of rotatable bonds is 3. The van der Waals surface area contributed by atoms with Gasteiger partial charge in [-0.05, 0) is 24.1 Å². The molecule has 4 nitrogen and oxygen atoms in total. The van der Waals surface area contributed by atoms with Crippen molar-refractivity contribution < 1.29 is 14.3 Å². The standard InChI is InChI=1S/C14H14ClNO3/c1-19-14(18)9-12(16-8-2-3-13(16)17)10-4-6-11(15)7-5-10/h4-7,9H,2-3,8H2,1H3/b12-9-. The van der Waals surface area contributed by atoms with Gasteiger partial charge in [-0.25, -0.2) is 4.79 Å². The van der Waals surface area contributed by atoms with Crippen molar-refractivity contribution >= 4 is 29.2 Å². The third kappa shape index (κ3) is 3.15. The predicted molar refractivity (Wildman–Crippen MR) is 72.4 cm³/mol. The second kappa shape index (κ2) is 5.89. The summed E-state index contributed by atoms with van der Waals surface area (Å²) in [6.45, 7) is 0.615. The first kappa shape index (κ1) is 13.6. The van der Waals surface area contributed by atoms with Gasteiger partial charge in [0.1, 0.15) is 0 Å². The third-order valence-electron chi connectivity index (χ3n) is 2.96. The van der Waals surface area contributed by atoms with Crippen LogP contribution in [0.3, 0.4) is 0 Å². The number of halogens is 1. The lowest BCUT2D eigenvalue weighted by molar-refractivity contribution is -0.134. The molecule has 0 atom stereocenters. The molecular weight excluding hydrogens is 266 g/mol. The smallest absolute Gasteiger partial charge is 0.332 e. The minimum absolute atomic E-state index is 0.0186. The van der Waals surface area contributed by atoms with Crippen molar-refractivity contribution in [2.75, 3.05) is 13.7 Å². The lowest BCUT2D eigenvalue weighted by Gasteiger charge is -2.19.